The number of rotatable bonds is 7. The summed E-state index contributed by atoms with van der Waals surface area (Å²) < 4.78 is 11.2. The molecule has 0 aromatic carbocycles. The van der Waals surface area contributed by atoms with Gasteiger partial charge in [0.05, 0.1) is 0 Å². The van der Waals surface area contributed by atoms with Gasteiger partial charge in [0, 0.05) is 61.6 Å². The molecule has 1 saturated heterocycles. The summed E-state index contributed by atoms with van der Waals surface area (Å²) in [6.45, 7) is 9.97. The van der Waals surface area contributed by atoms with Gasteiger partial charge < -0.3 is 10.2 Å². The Hall–Kier alpha value is 0.0300. The fourth-order valence-corrected chi connectivity index (χ4v) is 2.35. The topological polar surface area (TPSA) is 35.6 Å². The Morgan fingerprint density at radius 1 is 1.24 bits per heavy atom. The zero-order valence-electron chi connectivity index (χ0n) is 11.4. The van der Waals surface area contributed by atoms with Crippen LogP contribution in [-0.2, 0) is 10.8 Å². The van der Waals surface area contributed by atoms with Crippen LogP contribution in [0, 0.1) is 0 Å². The molecular formula is C12H27N3OS. The highest BCUT2D eigenvalue weighted by Crippen LogP contribution is 1.98. The number of likely N-dealkylation sites (N-methyl/N-ethyl adjacent to an activating group) is 1. The first kappa shape index (κ1) is 15.1. The van der Waals surface area contributed by atoms with E-state index in [1.807, 2.05) is 0 Å². The lowest BCUT2D eigenvalue weighted by Gasteiger charge is -2.32. The molecule has 0 radical (unpaired) electrons. The summed E-state index contributed by atoms with van der Waals surface area (Å²) in [5.74, 6) is 0. The number of piperazine rings is 1. The Balaban J connectivity index is 1.95. The highest BCUT2D eigenvalue weighted by atomic mass is 32.2. The lowest BCUT2D eigenvalue weighted by Crippen LogP contribution is -2.46. The van der Waals surface area contributed by atoms with Crippen LogP contribution < -0.4 is 5.32 Å². The molecule has 4 nitrogen and oxygen atoms in total. The first-order valence-electron chi connectivity index (χ1n) is 6.53. The minimum Gasteiger partial charge on any atom is -0.315 e. The summed E-state index contributed by atoms with van der Waals surface area (Å²) in [4.78, 5) is 4.89. The molecule has 1 N–H and O–H groups in total. The van der Waals surface area contributed by atoms with Gasteiger partial charge in [-0.05, 0) is 20.0 Å². The Labute approximate surface area is 108 Å². The first-order valence-corrected chi connectivity index (χ1v) is 8.15. The molecule has 0 bridgehead atoms. The maximum atomic E-state index is 11.2. The Morgan fingerprint density at radius 2 is 1.88 bits per heavy atom. The van der Waals surface area contributed by atoms with Crippen molar-refractivity contribution in [3.05, 3.63) is 0 Å². The maximum Gasteiger partial charge on any atom is 0.0329 e. The third-order valence-corrected chi connectivity index (χ3v) is 4.86. The molecule has 0 spiro atoms. The van der Waals surface area contributed by atoms with Gasteiger partial charge in [0.25, 0.3) is 0 Å². The molecule has 2 unspecified atom stereocenters. The molecule has 102 valence electrons. The van der Waals surface area contributed by atoms with E-state index in [0.29, 0.717) is 5.25 Å². The second kappa shape index (κ2) is 8.19. The molecular weight excluding hydrogens is 234 g/mol. The number of nitrogens with zero attached hydrogens (tertiary/aromatic N) is 2. The van der Waals surface area contributed by atoms with E-state index in [-0.39, 0.29) is 0 Å². The summed E-state index contributed by atoms with van der Waals surface area (Å²) in [5.41, 5.74) is 0. The Bertz CT molecular complexity index is 230. The van der Waals surface area contributed by atoms with E-state index < -0.39 is 10.8 Å². The molecule has 2 atom stereocenters. The normalized spacial score (nSPS) is 22.5. The van der Waals surface area contributed by atoms with Crippen LogP contribution in [0.25, 0.3) is 0 Å². The van der Waals surface area contributed by atoms with Gasteiger partial charge in [-0.25, -0.2) is 0 Å². The lowest BCUT2D eigenvalue weighted by molar-refractivity contribution is 0.155. The molecule has 5 heteroatoms. The minimum atomic E-state index is -0.680. The highest BCUT2D eigenvalue weighted by Gasteiger charge is 2.12. The molecule has 1 aliphatic heterocycles. The van der Waals surface area contributed by atoms with Crippen molar-refractivity contribution in [3.8, 4) is 0 Å². The molecule has 1 rings (SSSR count). The lowest BCUT2D eigenvalue weighted by atomic mass is 10.3. The molecule has 0 saturated carbocycles. The van der Waals surface area contributed by atoms with Gasteiger partial charge in [-0.3, -0.25) is 9.11 Å². The van der Waals surface area contributed by atoms with Crippen LogP contribution in [0.5, 0.6) is 0 Å². The van der Waals surface area contributed by atoms with Crippen molar-refractivity contribution in [1.82, 2.24) is 15.1 Å². The van der Waals surface area contributed by atoms with E-state index in [4.69, 9.17) is 0 Å². The van der Waals surface area contributed by atoms with Crippen LogP contribution in [0.1, 0.15) is 13.3 Å². The van der Waals surface area contributed by atoms with Gasteiger partial charge >= 0.3 is 0 Å². The monoisotopic (exact) mass is 261 g/mol. The van der Waals surface area contributed by atoms with Crippen LogP contribution in [0.15, 0.2) is 0 Å². The van der Waals surface area contributed by atoms with Crippen molar-refractivity contribution >= 4 is 10.8 Å². The van der Waals surface area contributed by atoms with Crippen molar-refractivity contribution in [3.63, 3.8) is 0 Å². The van der Waals surface area contributed by atoms with Crippen molar-refractivity contribution in [2.45, 2.75) is 18.6 Å². The first-order chi connectivity index (χ1) is 8.09. The fraction of sp³-hybridized carbons (Fsp3) is 1.00. The summed E-state index contributed by atoms with van der Waals surface area (Å²) in [5, 5.41) is 3.75. The van der Waals surface area contributed by atoms with Crippen LogP contribution in [0.3, 0.4) is 0 Å². The average Bonchev–Trinajstić information content (AvgIpc) is 2.30. The van der Waals surface area contributed by atoms with E-state index >= 15 is 0 Å². The largest absolute Gasteiger partial charge is 0.315 e. The van der Waals surface area contributed by atoms with Crippen LogP contribution in [0.2, 0.25) is 0 Å². The van der Waals surface area contributed by atoms with Gasteiger partial charge in [-0.2, -0.15) is 0 Å². The van der Waals surface area contributed by atoms with Crippen molar-refractivity contribution in [2.75, 3.05) is 59.1 Å². The molecule has 1 fully saturated rings. The molecule has 1 heterocycles. The molecule has 17 heavy (non-hydrogen) atoms. The molecule has 0 amide bonds. The predicted molar refractivity (Wildman–Crippen MR) is 75.0 cm³/mol. The second-order valence-corrected chi connectivity index (χ2v) is 6.79. The Kier molecular flexibility index (Phi) is 7.27. The molecule has 1 aliphatic rings. The summed E-state index contributed by atoms with van der Waals surface area (Å²) in [6.07, 6.45) is 2.79. The summed E-state index contributed by atoms with van der Waals surface area (Å²) in [6, 6.07) is 0. The number of nitrogens with one attached hydrogen (secondary N) is 1. The Morgan fingerprint density at radius 3 is 2.47 bits per heavy atom. The smallest absolute Gasteiger partial charge is 0.0329 e. The average molecular weight is 261 g/mol. The number of hydrogen-bond acceptors (Lipinski definition) is 4. The number of hydrogen-bond donors (Lipinski definition) is 1. The van der Waals surface area contributed by atoms with Gasteiger partial charge in [0.1, 0.15) is 0 Å². The van der Waals surface area contributed by atoms with Crippen molar-refractivity contribution in [2.24, 2.45) is 0 Å². The minimum absolute atomic E-state index is 0.311. The van der Waals surface area contributed by atoms with Gasteiger partial charge in [0.2, 0.25) is 0 Å². The SMILES string of the molecule is CC(CCNCCN1CCN(C)CC1)S(C)=O. The van der Waals surface area contributed by atoms with Crippen molar-refractivity contribution < 1.29 is 4.21 Å². The quantitative estimate of drug-likeness (QED) is 0.654. The zero-order chi connectivity index (χ0) is 12.7. The standard InChI is InChI=1S/C12H27N3OS/c1-12(17(3)16)4-5-13-6-7-15-10-8-14(2)9-11-15/h12-13H,4-11H2,1-3H3. The zero-order valence-corrected chi connectivity index (χ0v) is 12.3. The van der Waals surface area contributed by atoms with E-state index in [1.54, 1.807) is 6.26 Å². The predicted octanol–water partition coefficient (Wildman–Crippen LogP) is -0.0195. The second-order valence-electron chi connectivity index (χ2n) is 4.99. The summed E-state index contributed by atoms with van der Waals surface area (Å²) in [7, 11) is 1.50. The molecule has 0 aromatic heterocycles. The highest BCUT2D eigenvalue weighted by molar-refractivity contribution is 7.84. The van der Waals surface area contributed by atoms with E-state index in [1.165, 1.54) is 26.2 Å². The van der Waals surface area contributed by atoms with Gasteiger partial charge in [-0.1, -0.05) is 6.92 Å². The van der Waals surface area contributed by atoms with Crippen LogP contribution in [-0.4, -0.2) is 78.4 Å². The van der Waals surface area contributed by atoms with Gasteiger partial charge in [0.15, 0.2) is 0 Å². The van der Waals surface area contributed by atoms with E-state index in [2.05, 4.69) is 29.1 Å². The van der Waals surface area contributed by atoms with Crippen LogP contribution >= 0.6 is 0 Å². The molecule has 0 aliphatic carbocycles. The maximum absolute atomic E-state index is 11.2. The van der Waals surface area contributed by atoms with E-state index in [0.717, 1.165) is 26.1 Å². The van der Waals surface area contributed by atoms with E-state index in [9.17, 15) is 4.21 Å². The molecule has 0 aromatic rings. The summed E-state index contributed by atoms with van der Waals surface area (Å²) >= 11 is 0. The van der Waals surface area contributed by atoms with Gasteiger partial charge in [-0.15, -0.1) is 0 Å². The third kappa shape index (κ3) is 6.50. The van der Waals surface area contributed by atoms with Crippen LogP contribution in [0.4, 0.5) is 0 Å². The van der Waals surface area contributed by atoms with Crippen molar-refractivity contribution in [1.29, 1.82) is 0 Å². The fourth-order valence-electron chi connectivity index (χ4n) is 1.90. The third-order valence-electron chi connectivity index (χ3n) is 3.49.